The minimum absolute atomic E-state index is 0.00226. The molecule has 1 saturated heterocycles. The van der Waals surface area contributed by atoms with Crippen LogP contribution in [-0.2, 0) is 17.6 Å². The van der Waals surface area contributed by atoms with Crippen molar-refractivity contribution in [2.75, 3.05) is 18.4 Å². The molecule has 3 atom stereocenters. The highest BCUT2D eigenvalue weighted by Crippen LogP contribution is 2.45. The Morgan fingerprint density at radius 3 is 2.42 bits per heavy atom. The van der Waals surface area contributed by atoms with Crippen molar-refractivity contribution in [3.63, 3.8) is 0 Å². The lowest BCUT2D eigenvalue weighted by molar-refractivity contribution is -0.0586. The third kappa shape index (κ3) is 5.02. The van der Waals surface area contributed by atoms with Crippen LogP contribution in [0.4, 0.5) is 5.00 Å². The number of fused-ring (bicyclic) bond motifs is 1. The molecule has 0 saturated carbocycles. The zero-order valence-corrected chi connectivity index (χ0v) is 21.5. The summed E-state index contributed by atoms with van der Waals surface area (Å²) >= 11 is 1.59. The van der Waals surface area contributed by atoms with Gasteiger partial charge in [-0.05, 0) is 68.6 Å². The molecular weight excluding hydrogens is 432 g/mol. The first-order valence-corrected chi connectivity index (χ1v) is 12.8. The number of benzene rings is 1. The number of nitrogens with zero attached hydrogens (tertiary/aromatic N) is 1. The summed E-state index contributed by atoms with van der Waals surface area (Å²) < 4.78 is 5.85. The molecule has 2 aromatic rings. The van der Waals surface area contributed by atoms with E-state index in [4.69, 9.17) is 4.74 Å². The Bertz CT molecular complexity index is 1040. The first-order valence-electron chi connectivity index (χ1n) is 12.0. The fraction of sp³-hybridized carbons (Fsp3) is 0.556. The van der Waals surface area contributed by atoms with E-state index in [0.717, 1.165) is 30.4 Å². The first kappa shape index (κ1) is 24.0. The van der Waals surface area contributed by atoms with Gasteiger partial charge < -0.3 is 15.0 Å². The number of hydrogen-bond acceptors (Lipinski definition) is 4. The Kier molecular flexibility index (Phi) is 6.70. The van der Waals surface area contributed by atoms with Gasteiger partial charge in [0.2, 0.25) is 0 Å². The molecule has 5 nitrogen and oxygen atoms in total. The van der Waals surface area contributed by atoms with Crippen molar-refractivity contribution in [1.82, 2.24) is 4.90 Å². The normalized spacial score (nSPS) is 23.2. The quantitative estimate of drug-likeness (QED) is 0.628. The maximum absolute atomic E-state index is 13.8. The van der Waals surface area contributed by atoms with E-state index in [1.54, 1.807) is 11.3 Å². The van der Waals surface area contributed by atoms with Gasteiger partial charge in [0, 0.05) is 23.5 Å². The van der Waals surface area contributed by atoms with Crippen LogP contribution >= 0.6 is 11.3 Å². The number of anilines is 1. The molecule has 0 bridgehead atoms. The van der Waals surface area contributed by atoms with Crippen molar-refractivity contribution in [2.45, 2.75) is 73.0 Å². The number of ether oxygens (including phenoxy) is 1. The highest BCUT2D eigenvalue weighted by molar-refractivity contribution is 7.17. The monoisotopic (exact) mass is 468 g/mol. The molecule has 0 radical (unpaired) electrons. The van der Waals surface area contributed by atoms with Crippen LogP contribution in [0.2, 0.25) is 0 Å². The lowest BCUT2D eigenvalue weighted by Crippen LogP contribution is -2.48. The fourth-order valence-electron chi connectivity index (χ4n) is 5.14. The summed E-state index contributed by atoms with van der Waals surface area (Å²) in [5.74, 6) is 0.426. The number of morpholine rings is 1. The van der Waals surface area contributed by atoms with Gasteiger partial charge in [-0.3, -0.25) is 9.59 Å². The average Bonchev–Trinajstić information content (AvgIpc) is 3.09. The number of thiophene rings is 1. The largest absolute Gasteiger partial charge is 0.372 e. The molecule has 1 N–H and O–H groups in total. The third-order valence-corrected chi connectivity index (χ3v) is 8.20. The number of rotatable bonds is 3. The molecule has 0 unspecified atom stereocenters. The lowest BCUT2D eigenvalue weighted by Gasteiger charge is -2.36. The molecule has 33 heavy (non-hydrogen) atoms. The topological polar surface area (TPSA) is 58.6 Å². The van der Waals surface area contributed by atoms with Crippen LogP contribution in [-0.4, -0.2) is 42.0 Å². The van der Waals surface area contributed by atoms with Crippen LogP contribution in [0.15, 0.2) is 24.3 Å². The zero-order chi connectivity index (χ0) is 23.9. The van der Waals surface area contributed by atoms with Gasteiger partial charge in [-0.25, -0.2) is 0 Å². The molecule has 1 aromatic carbocycles. The van der Waals surface area contributed by atoms with Gasteiger partial charge in [-0.15, -0.1) is 11.3 Å². The molecular formula is C27H36N2O3S. The van der Waals surface area contributed by atoms with E-state index in [-0.39, 0.29) is 29.4 Å². The van der Waals surface area contributed by atoms with E-state index in [1.165, 1.54) is 4.88 Å². The lowest BCUT2D eigenvalue weighted by atomic mass is 9.72. The summed E-state index contributed by atoms with van der Waals surface area (Å²) in [4.78, 5) is 30.2. The van der Waals surface area contributed by atoms with Gasteiger partial charge in [-0.1, -0.05) is 39.0 Å². The van der Waals surface area contributed by atoms with Crippen molar-refractivity contribution in [1.29, 1.82) is 0 Å². The molecule has 1 aliphatic carbocycles. The molecule has 2 heterocycles. The van der Waals surface area contributed by atoms with Crippen molar-refractivity contribution in [3.05, 3.63) is 51.4 Å². The standard InChI is InChI=1S/C27H36N2O3S/c1-16-9-7-8-10-20(16)24(30)28-25-23(26(31)29-14-17(2)32-18(3)15-29)21-12-11-19(27(4,5)6)13-22(21)33-25/h7-10,17-19H,11-15H2,1-6H3,(H,28,30)/t17-,18-,19+/m1/s1. The van der Waals surface area contributed by atoms with E-state index < -0.39 is 0 Å². The predicted octanol–water partition coefficient (Wildman–Crippen LogP) is 5.71. The molecule has 4 rings (SSSR count). The van der Waals surface area contributed by atoms with E-state index in [0.29, 0.717) is 35.1 Å². The Hall–Kier alpha value is -2.18. The van der Waals surface area contributed by atoms with Gasteiger partial charge >= 0.3 is 0 Å². The number of nitrogens with one attached hydrogen (secondary N) is 1. The molecule has 178 valence electrons. The van der Waals surface area contributed by atoms with Gasteiger partial charge in [0.15, 0.2) is 0 Å². The highest BCUT2D eigenvalue weighted by Gasteiger charge is 2.36. The summed E-state index contributed by atoms with van der Waals surface area (Å²) in [6.07, 6.45) is 2.91. The Morgan fingerprint density at radius 1 is 1.12 bits per heavy atom. The van der Waals surface area contributed by atoms with Crippen LogP contribution in [0.25, 0.3) is 0 Å². The predicted molar refractivity (Wildman–Crippen MR) is 134 cm³/mol. The van der Waals surface area contributed by atoms with Crippen LogP contribution in [0, 0.1) is 18.3 Å². The van der Waals surface area contributed by atoms with Crippen LogP contribution in [0.1, 0.15) is 77.8 Å². The van der Waals surface area contributed by atoms with Crippen molar-refractivity contribution >= 4 is 28.2 Å². The molecule has 2 aliphatic rings. The number of aryl methyl sites for hydroxylation is 1. The third-order valence-electron chi connectivity index (χ3n) is 7.03. The van der Waals surface area contributed by atoms with Crippen molar-refractivity contribution in [3.8, 4) is 0 Å². The van der Waals surface area contributed by atoms with Crippen molar-refractivity contribution in [2.24, 2.45) is 11.3 Å². The minimum atomic E-state index is -0.156. The number of amides is 2. The van der Waals surface area contributed by atoms with Crippen molar-refractivity contribution < 1.29 is 14.3 Å². The van der Waals surface area contributed by atoms with Crippen LogP contribution in [0.5, 0.6) is 0 Å². The maximum atomic E-state index is 13.8. The molecule has 0 spiro atoms. The highest BCUT2D eigenvalue weighted by atomic mass is 32.1. The van der Waals surface area contributed by atoms with Gasteiger partial charge in [0.05, 0.1) is 17.8 Å². The van der Waals surface area contributed by atoms with E-state index in [9.17, 15) is 9.59 Å². The van der Waals surface area contributed by atoms with Gasteiger partial charge in [0.25, 0.3) is 11.8 Å². The second kappa shape index (κ2) is 9.22. The smallest absolute Gasteiger partial charge is 0.257 e. The maximum Gasteiger partial charge on any atom is 0.257 e. The van der Waals surface area contributed by atoms with Gasteiger partial charge in [-0.2, -0.15) is 0 Å². The molecule has 6 heteroatoms. The Morgan fingerprint density at radius 2 is 1.79 bits per heavy atom. The van der Waals surface area contributed by atoms with E-state index in [1.807, 2.05) is 49.9 Å². The summed E-state index contributed by atoms with van der Waals surface area (Å²) in [5.41, 5.74) is 3.62. The van der Waals surface area contributed by atoms with Gasteiger partial charge in [0.1, 0.15) is 5.00 Å². The molecule has 1 aromatic heterocycles. The second-order valence-corrected chi connectivity index (χ2v) is 11.9. The summed E-state index contributed by atoms with van der Waals surface area (Å²) in [6.45, 7) is 14.0. The first-order chi connectivity index (χ1) is 15.5. The number of hydrogen-bond donors (Lipinski definition) is 1. The number of carbonyl (C=O) groups is 2. The molecule has 1 aliphatic heterocycles. The Balaban J connectivity index is 1.71. The van der Waals surface area contributed by atoms with E-state index >= 15 is 0 Å². The van der Waals surface area contributed by atoms with Crippen LogP contribution < -0.4 is 5.32 Å². The SMILES string of the molecule is Cc1ccccc1C(=O)Nc1sc2c(c1C(=O)N1C[C@@H](C)O[C@H](C)C1)CC[C@H](C(C)(C)C)C2. The molecule has 2 amide bonds. The average molecular weight is 469 g/mol. The summed E-state index contributed by atoms with van der Waals surface area (Å²) in [6, 6.07) is 7.57. The van der Waals surface area contributed by atoms with E-state index in [2.05, 4.69) is 26.1 Å². The zero-order valence-electron chi connectivity index (χ0n) is 20.7. The second-order valence-electron chi connectivity index (χ2n) is 10.8. The Labute approximate surface area is 201 Å². The summed E-state index contributed by atoms with van der Waals surface area (Å²) in [5, 5.41) is 3.82. The fourth-order valence-corrected chi connectivity index (χ4v) is 6.45. The summed E-state index contributed by atoms with van der Waals surface area (Å²) in [7, 11) is 0. The molecule has 1 fully saturated rings. The van der Waals surface area contributed by atoms with Crippen LogP contribution in [0.3, 0.4) is 0 Å². The number of carbonyl (C=O) groups excluding carboxylic acids is 2. The minimum Gasteiger partial charge on any atom is -0.372 e.